The lowest BCUT2D eigenvalue weighted by Gasteiger charge is -2.34. The molecule has 0 bridgehead atoms. The Kier molecular flexibility index (Phi) is 5.10. The molecule has 1 heterocycles. The average molecular weight is 347 g/mol. The number of nitrogens with zero attached hydrogens (tertiary/aromatic N) is 2. The molecule has 110 valence electrons. The second kappa shape index (κ2) is 6.63. The number of rotatable bonds is 3. The van der Waals surface area contributed by atoms with Crippen LogP contribution in [0, 0.1) is 11.6 Å². The highest BCUT2D eigenvalue weighted by molar-refractivity contribution is 9.10. The van der Waals surface area contributed by atoms with E-state index in [4.69, 9.17) is 0 Å². The molecule has 0 unspecified atom stereocenters. The lowest BCUT2D eigenvalue weighted by atomic mass is 10.1. The van der Waals surface area contributed by atoms with Crippen molar-refractivity contribution in [2.24, 2.45) is 0 Å². The van der Waals surface area contributed by atoms with Crippen molar-refractivity contribution >= 4 is 21.8 Å². The van der Waals surface area contributed by atoms with Crippen molar-refractivity contribution in [3.8, 4) is 0 Å². The van der Waals surface area contributed by atoms with E-state index in [1.165, 1.54) is 11.0 Å². The third-order valence-electron chi connectivity index (χ3n) is 3.46. The highest BCUT2D eigenvalue weighted by Crippen LogP contribution is 2.23. The summed E-state index contributed by atoms with van der Waals surface area (Å²) in [6.07, 6.45) is 1.06. The number of benzene rings is 1. The first-order chi connectivity index (χ1) is 9.54. The summed E-state index contributed by atoms with van der Waals surface area (Å²) in [5, 5.41) is 0. The summed E-state index contributed by atoms with van der Waals surface area (Å²) < 4.78 is 27.7. The van der Waals surface area contributed by atoms with Gasteiger partial charge in [0.05, 0.1) is 4.47 Å². The van der Waals surface area contributed by atoms with Gasteiger partial charge in [-0.1, -0.05) is 6.92 Å². The van der Waals surface area contributed by atoms with Gasteiger partial charge >= 0.3 is 0 Å². The van der Waals surface area contributed by atoms with E-state index >= 15 is 0 Å². The fourth-order valence-corrected chi connectivity index (χ4v) is 2.70. The van der Waals surface area contributed by atoms with Crippen LogP contribution in [0.15, 0.2) is 16.6 Å². The number of amides is 1. The van der Waals surface area contributed by atoms with Gasteiger partial charge in [-0.05, 0) is 41.0 Å². The molecule has 1 aliphatic heterocycles. The molecule has 2 rings (SSSR count). The number of halogens is 3. The maximum Gasteiger partial charge on any atom is 0.259 e. The van der Waals surface area contributed by atoms with Crippen molar-refractivity contribution in [1.29, 1.82) is 0 Å². The number of piperazine rings is 1. The van der Waals surface area contributed by atoms with Crippen LogP contribution in [-0.2, 0) is 0 Å². The zero-order valence-electron chi connectivity index (χ0n) is 11.3. The Balaban J connectivity index is 2.12. The fourth-order valence-electron chi connectivity index (χ4n) is 2.37. The molecule has 6 heteroatoms. The van der Waals surface area contributed by atoms with Gasteiger partial charge in [-0.3, -0.25) is 9.69 Å². The van der Waals surface area contributed by atoms with E-state index in [2.05, 4.69) is 27.8 Å². The van der Waals surface area contributed by atoms with Crippen molar-refractivity contribution in [3.63, 3.8) is 0 Å². The van der Waals surface area contributed by atoms with Gasteiger partial charge in [0.2, 0.25) is 0 Å². The SMILES string of the molecule is CCCN1CCN(C(=O)c2c(F)ccc(Br)c2F)CC1. The van der Waals surface area contributed by atoms with Crippen LogP contribution < -0.4 is 0 Å². The zero-order valence-corrected chi connectivity index (χ0v) is 12.9. The van der Waals surface area contributed by atoms with Crippen LogP contribution in [0.1, 0.15) is 23.7 Å². The van der Waals surface area contributed by atoms with Gasteiger partial charge in [-0.15, -0.1) is 0 Å². The Morgan fingerprint density at radius 1 is 1.25 bits per heavy atom. The maximum absolute atomic E-state index is 13.9. The lowest BCUT2D eigenvalue weighted by Crippen LogP contribution is -2.49. The molecule has 0 spiro atoms. The van der Waals surface area contributed by atoms with E-state index in [0.717, 1.165) is 32.1 Å². The van der Waals surface area contributed by atoms with Crippen molar-refractivity contribution in [1.82, 2.24) is 9.80 Å². The van der Waals surface area contributed by atoms with Crippen LogP contribution in [0.2, 0.25) is 0 Å². The van der Waals surface area contributed by atoms with E-state index < -0.39 is 23.1 Å². The highest BCUT2D eigenvalue weighted by atomic mass is 79.9. The average Bonchev–Trinajstić information content (AvgIpc) is 2.44. The van der Waals surface area contributed by atoms with Crippen LogP contribution in [0.25, 0.3) is 0 Å². The van der Waals surface area contributed by atoms with E-state index in [0.29, 0.717) is 13.1 Å². The molecule has 20 heavy (non-hydrogen) atoms. The highest BCUT2D eigenvalue weighted by Gasteiger charge is 2.27. The lowest BCUT2D eigenvalue weighted by molar-refractivity contribution is 0.0628. The van der Waals surface area contributed by atoms with Gasteiger partial charge in [0.15, 0.2) is 5.82 Å². The Bertz CT molecular complexity index is 502. The molecule has 3 nitrogen and oxygen atoms in total. The molecular formula is C14H17BrF2N2O. The monoisotopic (exact) mass is 346 g/mol. The first kappa shape index (κ1) is 15.4. The van der Waals surface area contributed by atoms with Crippen molar-refractivity contribution < 1.29 is 13.6 Å². The zero-order chi connectivity index (χ0) is 14.7. The molecule has 0 aliphatic carbocycles. The molecule has 1 aromatic carbocycles. The Hall–Kier alpha value is -1.01. The van der Waals surface area contributed by atoms with Gasteiger partial charge in [-0.2, -0.15) is 0 Å². The smallest absolute Gasteiger partial charge is 0.259 e. The minimum absolute atomic E-state index is 0.104. The molecule has 0 N–H and O–H groups in total. The topological polar surface area (TPSA) is 23.6 Å². The molecular weight excluding hydrogens is 330 g/mol. The molecule has 1 saturated heterocycles. The standard InChI is InChI=1S/C14H17BrF2N2O/c1-2-5-18-6-8-19(9-7-18)14(20)12-11(16)4-3-10(15)13(12)17/h3-4H,2,5-9H2,1H3. The summed E-state index contributed by atoms with van der Waals surface area (Å²) in [6, 6.07) is 2.37. The van der Waals surface area contributed by atoms with Gasteiger partial charge in [0.1, 0.15) is 11.4 Å². The number of carbonyl (C=O) groups is 1. The molecule has 0 aromatic heterocycles. The molecule has 1 aromatic rings. The van der Waals surface area contributed by atoms with Crippen molar-refractivity contribution in [2.45, 2.75) is 13.3 Å². The molecule has 0 saturated carbocycles. The Labute approximate surface area is 125 Å². The number of hydrogen-bond acceptors (Lipinski definition) is 2. The normalized spacial score (nSPS) is 16.5. The van der Waals surface area contributed by atoms with Gasteiger partial charge in [0.25, 0.3) is 5.91 Å². The quantitative estimate of drug-likeness (QED) is 0.785. The summed E-state index contributed by atoms with van der Waals surface area (Å²) in [4.78, 5) is 16.0. The van der Waals surface area contributed by atoms with Crippen LogP contribution in [0.4, 0.5) is 8.78 Å². The van der Waals surface area contributed by atoms with Gasteiger partial charge < -0.3 is 4.90 Å². The first-order valence-electron chi connectivity index (χ1n) is 6.69. The largest absolute Gasteiger partial charge is 0.336 e. The van der Waals surface area contributed by atoms with E-state index in [1.54, 1.807) is 0 Å². The van der Waals surface area contributed by atoms with Crippen LogP contribution in [0.3, 0.4) is 0 Å². The fraction of sp³-hybridized carbons (Fsp3) is 0.500. The summed E-state index contributed by atoms with van der Waals surface area (Å²) in [5.41, 5.74) is -0.469. The minimum atomic E-state index is -0.828. The predicted molar refractivity (Wildman–Crippen MR) is 76.7 cm³/mol. The second-order valence-electron chi connectivity index (χ2n) is 4.85. The third kappa shape index (κ3) is 3.17. The van der Waals surface area contributed by atoms with Gasteiger partial charge in [0, 0.05) is 26.2 Å². The molecule has 0 radical (unpaired) electrons. The number of hydrogen-bond donors (Lipinski definition) is 0. The maximum atomic E-state index is 13.9. The first-order valence-corrected chi connectivity index (χ1v) is 7.49. The third-order valence-corrected chi connectivity index (χ3v) is 4.07. The summed E-state index contributed by atoms with van der Waals surface area (Å²) >= 11 is 2.98. The van der Waals surface area contributed by atoms with Crippen LogP contribution in [-0.4, -0.2) is 48.4 Å². The second-order valence-corrected chi connectivity index (χ2v) is 5.71. The predicted octanol–water partition coefficient (Wildman–Crippen LogP) is 2.90. The van der Waals surface area contributed by atoms with E-state index in [-0.39, 0.29) is 4.47 Å². The van der Waals surface area contributed by atoms with E-state index in [9.17, 15) is 13.6 Å². The van der Waals surface area contributed by atoms with E-state index in [1.807, 2.05) is 0 Å². The summed E-state index contributed by atoms with van der Waals surface area (Å²) in [7, 11) is 0. The van der Waals surface area contributed by atoms with Crippen molar-refractivity contribution in [3.05, 3.63) is 33.8 Å². The Morgan fingerprint density at radius 3 is 2.50 bits per heavy atom. The summed E-state index contributed by atoms with van der Waals surface area (Å²) in [6.45, 7) is 5.59. The molecule has 1 aliphatic rings. The van der Waals surface area contributed by atoms with Gasteiger partial charge in [-0.25, -0.2) is 8.78 Å². The number of carbonyl (C=O) groups excluding carboxylic acids is 1. The Morgan fingerprint density at radius 2 is 1.90 bits per heavy atom. The van der Waals surface area contributed by atoms with Crippen LogP contribution in [0.5, 0.6) is 0 Å². The summed E-state index contributed by atoms with van der Waals surface area (Å²) in [5.74, 6) is -2.21. The van der Waals surface area contributed by atoms with Crippen molar-refractivity contribution in [2.75, 3.05) is 32.7 Å². The van der Waals surface area contributed by atoms with Crippen LogP contribution >= 0.6 is 15.9 Å². The molecule has 1 fully saturated rings. The molecule has 1 amide bonds. The molecule has 0 atom stereocenters. The minimum Gasteiger partial charge on any atom is -0.336 e.